The van der Waals surface area contributed by atoms with Gasteiger partial charge in [0.1, 0.15) is 0 Å². The van der Waals surface area contributed by atoms with E-state index >= 15 is 0 Å². The van der Waals surface area contributed by atoms with Gasteiger partial charge in [-0.1, -0.05) is 0 Å². The molecule has 0 aliphatic carbocycles. The maximum absolute atomic E-state index is 11.4. The molecule has 0 rings (SSSR count). The summed E-state index contributed by atoms with van der Waals surface area (Å²) in [5.74, 6) is -4.36. The van der Waals surface area contributed by atoms with Crippen molar-refractivity contribution in [1.82, 2.24) is 5.32 Å². The topological polar surface area (TPSA) is 167 Å². The minimum Gasteiger partial charge on any atom is -0.481 e. The van der Waals surface area contributed by atoms with Crippen LogP contribution in [-0.2, 0) is 19.2 Å². The first-order valence-electron chi connectivity index (χ1n) is 5.69. The number of carboxylic acids is 3. The van der Waals surface area contributed by atoms with Gasteiger partial charge in [-0.3, -0.25) is 19.2 Å². The molecule has 6 N–H and O–H groups in total. The monoisotopic (exact) mass is 292 g/mol. The van der Waals surface area contributed by atoms with E-state index in [1.54, 1.807) is 0 Å². The van der Waals surface area contributed by atoms with E-state index < -0.39 is 48.6 Å². The molecular weight excluding hydrogens is 272 g/mol. The van der Waals surface area contributed by atoms with E-state index in [4.69, 9.17) is 15.3 Å². The van der Waals surface area contributed by atoms with Gasteiger partial charge in [-0.05, 0) is 14.0 Å². The highest BCUT2D eigenvalue weighted by atomic mass is 16.4. The first-order chi connectivity index (χ1) is 9.14. The molecule has 0 aliphatic rings. The predicted molar refractivity (Wildman–Crippen MR) is 68.0 cm³/mol. The number of carbonyl (C=O) groups excluding carboxylic acids is 1. The summed E-state index contributed by atoms with van der Waals surface area (Å²) in [6.07, 6.45) is -1.84. The van der Waals surface area contributed by atoms with E-state index in [1.807, 2.05) is 0 Å². The summed E-state index contributed by atoms with van der Waals surface area (Å²) in [7, 11) is 1.50. The molecule has 0 saturated carbocycles. The van der Waals surface area contributed by atoms with Crippen LogP contribution in [0.5, 0.6) is 0 Å². The van der Waals surface area contributed by atoms with Crippen LogP contribution in [0, 0.1) is 0 Å². The van der Waals surface area contributed by atoms with E-state index in [0.717, 1.165) is 0 Å². The number of nitrogens with two attached hydrogens (primary N) is 1. The van der Waals surface area contributed by atoms with Crippen molar-refractivity contribution in [3.05, 3.63) is 0 Å². The number of amides is 1. The molecule has 1 amide bonds. The van der Waals surface area contributed by atoms with E-state index in [-0.39, 0.29) is 6.42 Å². The third kappa shape index (κ3) is 11.0. The molecule has 0 aromatic heterocycles. The number of nitrogens with one attached hydrogen (secondary N) is 1. The molecule has 0 unspecified atom stereocenters. The molecule has 0 fully saturated rings. The van der Waals surface area contributed by atoms with Gasteiger partial charge in [0.2, 0.25) is 5.91 Å². The lowest BCUT2D eigenvalue weighted by Gasteiger charge is -2.27. The summed E-state index contributed by atoms with van der Waals surface area (Å²) < 4.78 is 0. The van der Waals surface area contributed by atoms with Crippen LogP contribution >= 0.6 is 0 Å². The number of rotatable bonds is 8. The van der Waals surface area contributed by atoms with Crippen LogP contribution in [0.4, 0.5) is 0 Å². The number of carboxylic acid groups (broad SMARTS) is 3. The van der Waals surface area contributed by atoms with Crippen molar-refractivity contribution in [2.75, 3.05) is 7.05 Å². The van der Waals surface area contributed by atoms with Gasteiger partial charge in [0.15, 0.2) is 0 Å². The van der Waals surface area contributed by atoms with Gasteiger partial charge in [0.05, 0.1) is 24.8 Å². The Labute approximate surface area is 115 Å². The number of aliphatic carboxylic acids is 3. The molecule has 116 valence electrons. The fourth-order valence-electron chi connectivity index (χ4n) is 1.44. The van der Waals surface area contributed by atoms with Gasteiger partial charge < -0.3 is 26.4 Å². The second kappa shape index (κ2) is 9.73. The van der Waals surface area contributed by atoms with Crippen LogP contribution in [0.2, 0.25) is 0 Å². The number of carbonyl (C=O) groups is 4. The van der Waals surface area contributed by atoms with E-state index in [2.05, 4.69) is 11.1 Å². The van der Waals surface area contributed by atoms with Gasteiger partial charge in [-0.15, -0.1) is 0 Å². The van der Waals surface area contributed by atoms with Crippen molar-refractivity contribution >= 4 is 23.8 Å². The van der Waals surface area contributed by atoms with Crippen LogP contribution in [0.25, 0.3) is 0 Å². The molecule has 0 bridgehead atoms. The quantitative estimate of drug-likeness (QED) is 0.389. The Bertz CT molecular complexity index is 352. The summed E-state index contributed by atoms with van der Waals surface area (Å²) in [4.78, 5) is 42.8. The second-order valence-electron chi connectivity index (χ2n) is 4.14. The predicted octanol–water partition coefficient (Wildman–Crippen LogP) is -0.750. The minimum atomic E-state index is -1.44. The Morgan fingerprint density at radius 1 is 0.900 bits per heavy atom. The van der Waals surface area contributed by atoms with E-state index in [0.29, 0.717) is 0 Å². The molecular formula is C11H20N2O7. The van der Waals surface area contributed by atoms with E-state index in [9.17, 15) is 19.2 Å². The summed E-state index contributed by atoms with van der Waals surface area (Å²) in [5, 5.41) is 27.9. The lowest BCUT2D eigenvalue weighted by Crippen LogP contribution is -2.49. The van der Waals surface area contributed by atoms with Crippen LogP contribution in [0.3, 0.4) is 0 Å². The van der Waals surface area contributed by atoms with Crippen molar-refractivity contribution < 1.29 is 34.5 Å². The molecule has 0 atom stereocenters. The van der Waals surface area contributed by atoms with Crippen molar-refractivity contribution in [1.29, 1.82) is 0 Å². The minimum absolute atomic E-state index is 0.329. The van der Waals surface area contributed by atoms with Gasteiger partial charge in [-0.2, -0.15) is 0 Å². The van der Waals surface area contributed by atoms with Gasteiger partial charge in [0, 0.05) is 6.42 Å². The van der Waals surface area contributed by atoms with Crippen molar-refractivity contribution in [2.45, 2.75) is 38.1 Å². The molecule has 20 heavy (non-hydrogen) atoms. The third-order valence-corrected chi connectivity index (χ3v) is 2.09. The van der Waals surface area contributed by atoms with Crippen molar-refractivity contribution in [3.63, 3.8) is 0 Å². The largest absolute Gasteiger partial charge is 0.481 e. The van der Waals surface area contributed by atoms with Gasteiger partial charge in [0.25, 0.3) is 0 Å². The number of hydrogen-bond acceptors (Lipinski definition) is 5. The highest BCUT2D eigenvalue weighted by Crippen LogP contribution is 2.15. The smallest absolute Gasteiger partial charge is 0.305 e. The Kier molecular flexibility index (Phi) is 9.81. The molecule has 9 heteroatoms. The highest BCUT2D eigenvalue weighted by molar-refractivity contribution is 5.83. The molecule has 0 spiro atoms. The Morgan fingerprint density at radius 2 is 1.30 bits per heavy atom. The zero-order chi connectivity index (χ0) is 16.3. The standard InChI is InChI=1S/C10H15NO7.CH5N/c1-10(4-8(15)16,5-9(17)18)11-6(12)2-3-7(13)14;1-2/h2-5H2,1H3,(H,11,12)(H,13,14)(H,15,16)(H,17,18);2H2,1H3. The Balaban J connectivity index is 0. The van der Waals surface area contributed by atoms with E-state index in [1.165, 1.54) is 14.0 Å². The average Bonchev–Trinajstić information content (AvgIpc) is 2.26. The molecule has 0 radical (unpaired) electrons. The lowest BCUT2D eigenvalue weighted by atomic mass is 9.93. The molecule has 0 saturated heterocycles. The van der Waals surface area contributed by atoms with Crippen molar-refractivity contribution in [3.8, 4) is 0 Å². The summed E-state index contributed by atoms with van der Waals surface area (Å²) in [5.41, 5.74) is 3.06. The Hall–Kier alpha value is -2.16. The maximum Gasteiger partial charge on any atom is 0.305 e. The maximum atomic E-state index is 11.4. The molecule has 9 nitrogen and oxygen atoms in total. The fourth-order valence-corrected chi connectivity index (χ4v) is 1.44. The fraction of sp³-hybridized carbons (Fsp3) is 0.636. The molecule has 0 heterocycles. The SMILES string of the molecule is CC(CC(=O)O)(CC(=O)O)NC(=O)CCC(=O)O.CN. The van der Waals surface area contributed by atoms with Crippen LogP contribution in [0.15, 0.2) is 0 Å². The second-order valence-corrected chi connectivity index (χ2v) is 4.14. The zero-order valence-electron chi connectivity index (χ0n) is 11.4. The third-order valence-electron chi connectivity index (χ3n) is 2.09. The van der Waals surface area contributed by atoms with Crippen LogP contribution in [0.1, 0.15) is 32.6 Å². The van der Waals surface area contributed by atoms with Crippen LogP contribution < -0.4 is 11.1 Å². The van der Waals surface area contributed by atoms with Gasteiger partial charge in [-0.25, -0.2) is 0 Å². The highest BCUT2D eigenvalue weighted by Gasteiger charge is 2.32. The zero-order valence-corrected chi connectivity index (χ0v) is 11.4. The molecule has 0 aromatic rings. The Morgan fingerprint density at radius 3 is 1.60 bits per heavy atom. The summed E-state index contributed by atoms with van der Waals surface area (Å²) >= 11 is 0. The van der Waals surface area contributed by atoms with Crippen LogP contribution in [-0.4, -0.2) is 51.7 Å². The lowest BCUT2D eigenvalue weighted by molar-refractivity contribution is -0.143. The van der Waals surface area contributed by atoms with Crippen molar-refractivity contribution in [2.24, 2.45) is 5.73 Å². The number of hydrogen-bond donors (Lipinski definition) is 5. The molecule has 0 aromatic carbocycles. The summed E-state index contributed by atoms with van der Waals surface area (Å²) in [6, 6.07) is 0. The first-order valence-corrected chi connectivity index (χ1v) is 5.69. The first kappa shape index (κ1) is 20.2. The molecule has 0 aliphatic heterocycles. The normalized spacial score (nSPS) is 9.95. The average molecular weight is 292 g/mol. The van der Waals surface area contributed by atoms with Gasteiger partial charge >= 0.3 is 17.9 Å². The summed E-state index contributed by atoms with van der Waals surface area (Å²) in [6.45, 7) is 1.29.